The van der Waals surface area contributed by atoms with Crippen molar-refractivity contribution in [2.24, 2.45) is 5.16 Å². The number of hydrogen-bond acceptors (Lipinski definition) is 5. The predicted molar refractivity (Wildman–Crippen MR) is 127 cm³/mol. The van der Waals surface area contributed by atoms with Crippen LogP contribution in [0.25, 0.3) is 0 Å². The molecule has 3 aromatic rings. The molecular formula is C25H28N2O4S. The summed E-state index contributed by atoms with van der Waals surface area (Å²) < 4.78 is 34.0. The van der Waals surface area contributed by atoms with Crippen molar-refractivity contribution < 1.29 is 18.0 Å². The van der Waals surface area contributed by atoms with Gasteiger partial charge >= 0.3 is 0 Å². The number of methoxy groups -OCH3 is 1. The van der Waals surface area contributed by atoms with Crippen molar-refractivity contribution in [1.29, 1.82) is 0 Å². The molecule has 0 fully saturated rings. The van der Waals surface area contributed by atoms with Crippen molar-refractivity contribution in [3.63, 3.8) is 0 Å². The van der Waals surface area contributed by atoms with E-state index in [1.54, 1.807) is 27.2 Å². The van der Waals surface area contributed by atoms with Crippen molar-refractivity contribution in [3.05, 3.63) is 94.5 Å². The van der Waals surface area contributed by atoms with E-state index in [0.29, 0.717) is 16.0 Å². The van der Waals surface area contributed by atoms with E-state index in [-0.39, 0.29) is 6.54 Å². The lowest BCUT2D eigenvalue weighted by molar-refractivity contribution is 0.0634. The standard InChI is InChI=1S/C25H28N2O4S/c1-18-14-19(2)25(20(3)15-18)32(28,29)27-17-24(22-8-6-5-7-9-22)31-26-16-21-10-12-23(30-4)13-11-21/h5-16,24,27H,17H2,1-4H3/b26-16+. The Labute approximate surface area is 189 Å². The van der Waals surface area contributed by atoms with Gasteiger partial charge in [-0.05, 0) is 67.3 Å². The first-order chi connectivity index (χ1) is 15.3. The third kappa shape index (κ3) is 5.96. The second kappa shape index (κ2) is 10.4. The van der Waals surface area contributed by atoms with E-state index >= 15 is 0 Å². The van der Waals surface area contributed by atoms with Gasteiger partial charge in [-0.25, -0.2) is 13.1 Å². The van der Waals surface area contributed by atoms with Crippen LogP contribution in [0.15, 0.2) is 76.8 Å². The van der Waals surface area contributed by atoms with Gasteiger partial charge in [0.25, 0.3) is 0 Å². The number of aryl methyl sites for hydroxylation is 3. The van der Waals surface area contributed by atoms with Gasteiger partial charge in [0.2, 0.25) is 10.0 Å². The SMILES string of the molecule is COc1ccc(/C=N/OC(CNS(=O)(=O)c2c(C)cc(C)cc2C)c2ccccc2)cc1. The molecule has 0 saturated heterocycles. The maximum Gasteiger partial charge on any atom is 0.241 e. The van der Waals surface area contributed by atoms with Gasteiger partial charge in [-0.1, -0.05) is 53.2 Å². The number of nitrogens with one attached hydrogen (secondary N) is 1. The van der Waals surface area contributed by atoms with Crippen LogP contribution in [-0.4, -0.2) is 28.3 Å². The van der Waals surface area contributed by atoms with Gasteiger partial charge in [-0.3, -0.25) is 0 Å². The third-order valence-corrected chi connectivity index (χ3v) is 6.74. The molecule has 0 aliphatic heterocycles. The van der Waals surface area contributed by atoms with E-state index < -0.39 is 16.1 Å². The van der Waals surface area contributed by atoms with Crippen LogP contribution >= 0.6 is 0 Å². The number of rotatable bonds is 9. The third-order valence-electron chi connectivity index (χ3n) is 5.01. The van der Waals surface area contributed by atoms with Gasteiger partial charge in [0.1, 0.15) is 5.75 Å². The molecule has 0 aliphatic rings. The molecule has 0 spiro atoms. The molecule has 3 rings (SSSR count). The Kier molecular flexibility index (Phi) is 7.66. The summed E-state index contributed by atoms with van der Waals surface area (Å²) in [6.45, 7) is 5.60. The fourth-order valence-corrected chi connectivity index (χ4v) is 5.07. The normalized spacial score (nSPS) is 12.6. The Balaban J connectivity index is 1.77. The number of hydrogen-bond donors (Lipinski definition) is 1. The van der Waals surface area contributed by atoms with Crippen LogP contribution in [0.3, 0.4) is 0 Å². The van der Waals surface area contributed by atoms with Crippen molar-refractivity contribution in [2.75, 3.05) is 13.7 Å². The zero-order valence-corrected chi connectivity index (χ0v) is 19.5. The first-order valence-electron chi connectivity index (χ1n) is 10.3. The van der Waals surface area contributed by atoms with Gasteiger partial charge in [0.05, 0.1) is 24.8 Å². The maximum absolute atomic E-state index is 13.1. The van der Waals surface area contributed by atoms with Crippen LogP contribution in [-0.2, 0) is 14.9 Å². The highest BCUT2D eigenvalue weighted by atomic mass is 32.2. The largest absolute Gasteiger partial charge is 0.497 e. The van der Waals surface area contributed by atoms with Crippen LogP contribution in [0.5, 0.6) is 5.75 Å². The summed E-state index contributed by atoms with van der Waals surface area (Å²) in [6, 6.07) is 20.5. The number of oxime groups is 1. The Morgan fingerprint density at radius 2 is 1.59 bits per heavy atom. The van der Waals surface area contributed by atoms with Crippen LogP contribution in [0, 0.1) is 20.8 Å². The second-order valence-electron chi connectivity index (χ2n) is 7.59. The quantitative estimate of drug-likeness (QED) is 0.377. The Morgan fingerprint density at radius 3 is 2.19 bits per heavy atom. The van der Waals surface area contributed by atoms with Crippen molar-refractivity contribution in [1.82, 2.24) is 4.72 Å². The zero-order chi connectivity index (χ0) is 23.1. The molecule has 6 nitrogen and oxygen atoms in total. The molecule has 1 N–H and O–H groups in total. The van der Waals surface area contributed by atoms with Crippen molar-refractivity contribution >= 4 is 16.2 Å². The number of ether oxygens (including phenoxy) is 1. The molecule has 7 heteroatoms. The van der Waals surface area contributed by atoms with E-state index in [1.165, 1.54) is 0 Å². The average Bonchev–Trinajstić information content (AvgIpc) is 2.76. The molecule has 0 aromatic heterocycles. The highest BCUT2D eigenvalue weighted by Gasteiger charge is 2.23. The van der Waals surface area contributed by atoms with Crippen LogP contribution in [0.4, 0.5) is 0 Å². The van der Waals surface area contributed by atoms with Crippen molar-refractivity contribution in [3.8, 4) is 5.75 Å². The first-order valence-corrected chi connectivity index (χ1v) is 11.7. The van der Waals surface area contributed by atoms with Gasteiger partial charge < -0.3 is 9.57 Å². The lowest BCUT2D eigenvalue weighted by atomic mass is 10.1. The minimum atomic E-state index is -3.72. The van der Waals surface area contributed by atoms with Gasteiger partial charge in [-0.2, -0.15) is 0 Å². The lowest BCUT2D eigenvalue weighted by Gasteiger charge is -2.18. The van der Waals surface area contributed by atoms with E-state index in [9.17, 15) is 8.42 Å². The molecule has 0 heterocycles. The van der Waals surface area contributed by atoms with Crippen LogP contribution in [0.2, 0.25) is 0 Å². The Hall–Kier alpha value is -3.16. The monoisotopic (exact) mass is 452 g/mol. The summed E-state index contributed by atoms with van der Waals surface area (Å²) in [7, 11) is -2.11. The van der Waals surface area contributed by atoms with Crippen LogP contribution < -0.4 is 9.46 Å². The average molecular weight is 453 g/mol. The maximum atomic E-state index is 13.1. The summed E-state index contributed by atoms with van der Waals surface area (Å²) >= 11 is 0. The molecule has 0 aliphatic carbocycles. The molecule has 168 valence electrons. The number of sulfonamides is 1. The van der Waals surface area contributed by atoms with Gasteiger partial charge in [0.15, 0.2) is 6.10 Å². The van der Waals surface area contributed by atoms with E-state index in [1.807, 2.05) is 73.7 Å². The van der Waals surface area contributed by atoms with E-state index in [0.717, 1.165) is 22.4 Å². The minimum absolute atomic E-state index is 0.0407. The second-order valence-corrected chi connectivity index (χ2v) is 9.30. The molecule has 0 amide bonds. The highest BCUT2D eigenvalue weighted by Crippen LogP contribution is 2.23. The summed E-state index contributed by atoms with van der Waals surface area (Å²) in [5.74, 6) is 0.751. The topological polar surface area (TPSA) is 77.0 Å². The molecule has 3 aromatic carbocycles. The molecule has 0 bridgehead atoms. The molecule has 0 saturated carbocycles. The summed E-state index contributed by atoms with van der Waals surface area (Å²) in [5.41, 5.74) is 4.11. The predicted octanol–water partition coefficient (Wildman–Crippen LogP) is 4.69. The fraction of sp³-hybridized carbons (Fsp3) is 0.240. The molecule has 0 radical (unpaired) electrons. The number of benzene rings is 3. The summed E-state index contributed by atoms with van der Waals surface area (Å²) in [5, 5.41) is 4.09. The van der Waals surface area contributed by atoms with Gasteiger partial charge in [0, 0.05) is 0 Å². The fourth-order valence-electron chi connectivity index (χ4n) is 3.59. The Bertz CT molecular complexity index is 1150. The first kappa shape index (κ1) is 23.5. The molecule has 1 atom stereocenters. The van der Waals surface area contributed by atoms with Gasteiger partial charge in [-0.15, -0.1) is 0 Å². The Morgan fingerprint density at radius 1 is 0.969 bits per heavy atom. The zero-order valence-electron chi connectivity index (χ0n) is 18.7. The minimum Gasteiger partial charge on any atom is -0.497 e. The smallest absolute Gasteiger partial charge is 0.241 e. The van der Waals surface area contributed by atoms with Crippen LogP contribution in [0.1, 0.15) is 33.9 Å². The molecular weight excluding hydrogens is 424 g/mol. The summed E-state index contributed by atoms with van der Waals surface area (Å²) in [4.78, 5) is 6.01. The van der Waals surface area contributed by atoms with E-state index in [2.05, 4.69) is 9.88 Å². The van der Waals surface area contributed by atoms with Crippen molar-refractivity contribution in [2.45, 2.75) is 31.8 Å². The van der Waals surface area contributed by atoms with E-state index in [4.69, 9.17) is 9.57 Å². The highest BCUT2D eigenvalue weighted by molar-refractivity contribution is 7.89. The molecule has 1 unspecified atom stereocenters. The molecule has 32 heavy (non-hydrogen) atoms. The number of nitrogens with zero attached hydrogens (tertiary/aromatic N) is 1. The summed E-state index contributed by atoms with van der Waals surface area (Å²) in [6.07, 6.45) is 0.990. The lowest BCUT2D eigenvalue weighted by Crippen LogP contribution is -2.30.